The highest BCUT2D eigenvalue weighted by Crippen LogP contribution is 2.39. The molecule has 0 aromatic rings. The average Bonchev–Trinajstić information content (AvgIpc) is 2.53. The van der Waals surface area contributed by atoms with E-state index in [1.165, 1.54) is 0 Å². The molecule has 138 valence electrons. The van der Waals surface area contributed by atoms with Crippen LogP contribution in [-0.4, -0.2) is 40.3 Å². The van der Waals surface area contributed by atoms with Gasteiger partial charge in [-0.05, 0) is 52.3 Å². The molecule has 0 aromatic carbocycles. The summed E-state index contributed by atoms with van der Waals surface area (Å²) in [4.78, 5) is 0. The van der Waals surface area contributed by atoms with Crippen molar-refractivity contribution in [2.24, 2.45) is 5.92 Å². The molecule has 6 heteroatoms. The maximum absolute atomic E-state index is 6.14. The molecular formula is C17H36O4SSi. The maximum atomic E-state index is 6.14. The monoisotopic (exact) mass is 364 g/mol. The van der Waals surface area contributed by atoms with Gasteiger partial charge < -0.3 is 18.0 Å². The molecule has 0 rings (SSSR count). The third-order valence-electron chi connectivity index (χ3n) is 3.77. The van der Waals surface area contributed by atoms with Gasteiger partial charge in [0.05, 0.1) is 6.61 Å². The van der Waals surface area contributed by atoms with Crippen molar-refractivity contribution in [1.29, 1.82) is 0 Å². The van der Waals surface area contributed by atoms with Gasteiger partial charge in [-0.3, -0.25) is 0 Å². The van der Waals surface area contributed by atoms with E-state index in [4.69, 9.17) is 30.2 Å². The van der Waals surface area contributed by atoms with Crippen molar-refractivity contribution in [3.05, 3.63) is 0 Å². The Kier molecular flexibility index (Phi) is 13.3. The Labute approximate surface area is 149 Å². The van der Waals surface area contributed by atoms with Gasteiger partial charge in [0.15, 0.2) is 5.05 Å². The topological polar surface area (TPSA) is 36.9 Å². The number of rotatable bonds is 14. The van der Waals surface area contributed by atoms with Crippen LogP contribution < -0.4 is 0 Å². The number of ether oxygens (including phenoxy) is 1. The molecule has 0 saturated heterocycles. The third-order valence-corrected chi connectivity index (χ3v) is 7.86. The van der Waals surface area contributed by atoms with Gasteiger partial charge >= 0.3 is 8.80 Å². The average molecular weight is 365 g/mol. The van der Waals surface area contributed by atoms with Gasteiger partial charge in [-0.25, -0.2) is 0 Å². The predicted molar refractivity (Wildman–Crippen MR) is 102 cm³/mol. The number of thiocarbonyl (C=S) groups is 1. The summed E-state index contributed by atoms with van der Waals surface area (Å²) < 4.78 is 24.2. The van der Waals surface area contributed by atoms with Crippen LogP contribution in [0.2, 0.25) is 5.54 Å². The molecule has 0 heterocycles. The van der Waals surface area contributed by atoms with Gasteiger partial charge in [0.25, 0.3) is 0 Å². The molecule has 4 nitrogen and oxygen atoms in total. The van der Waals surface area contributed by atoms with Crippen LogP contribution in [0.4, 0.5) is 0 Å². The van der Waals surface area contributed by atoms with Crippen molar-refractivity contribution in [1.82, 2.24) is 0 Å². The zero-order chi connectivity index (χ0) is 17.7. The fraction of sp³-hybridized carbons (Fsp3) is 0.941. The van der Waals surface area contributed by atoms with E-state index in [1.807, 2.05) is 20.8 Å². The highest BCUT2D eigenvalue weighted by molar-refractivity contribution is 7.80. The van der Waals surface area contributed by atoms with Crippen LogP contribution in [0.1, 0.15) is 67.2 Å². The lowest BCUT2D eigenvalue weighted by atomic mass is 9.99. The molecule has 0 spiro atoms. The Bertz CT molecular complexity index is 298. The second kappa shape index (κ2) is 13.3. The molecule has 0 saturated carbocycles. The minimum atomic E-state index is -2.80. The van der Waals surface area contributed by atoms with E-state index >= 15 is 0 Å². The molecule has 0 amide bonds. The Hall–Kier alpha value is -0.0131. The van der Waals surface area contributed by atoms with Crippen LogP contribution >= 0.6 is 12.2 Å². The molecule has 2 atom stereocenters. The summed E-state index contributed by atoms with van der Waals surface area (Å²) in [7, 11) is -2.80. The Balaban J connectivity index is 5.55. The number of hydrogen-bond donors (Lipinski definition) is 0. The molecule has 0 N–H and O–H groups in total. The fourth-order valence-corrected chi connectivity index (χ4v) is 7.07. The highest BCUT2D eigenvalue weighted by atomic mass is 32.1. The lowest BCUT2D eigenvalue weighted by Crippen LogP contribution is -2.53. The van der Waals surface area contributed by atoms with Crippen LogP contribution in [0.3, 0.4) is 0 Å². The lowest BCUT2D eigenvalue weighted by molar-refractivity contribution is 0.0541. The molecule has 0 aromatic heterocycles. The van der Waals surface area contributed by atoms with Crippen LogP contribution in [0.15, 0.2) is 0 Å². The summed E-state index contributed by atoms with van der Waals surface area (Å²) in [6, 6.07) is 0. The van der Waals surface area contributed by atoms with E-state index in [2.05, 4.69) is 20.8 Å². The molecule has 0 aliphatic carbocycles. The zero-order valence-corrected chi connectivity index (χ0v) is 17.7. The molecule has 0 bridgehead atoms. The van der Waals surface area contributed by atoms with Gasteiger partial charge in [-0.15, -0.1) is 0 Å². The molecule has 2 unspecified atom stereocenters. The maximum Gasteiger partial charge on any atom is 0.504 e. The van der Waals surface area contributed by atoms with Crippen LogP contribution in [0, 0.1) is 5.92 Å². The normalized spacial score (nSPS) is 14.5. The summed E-state index contributed by atoms with van der Waals surface area (Å²) >= 11 is 5.59. The summed E-state index contributed by atoms with van der Waals surface area (Å²) in [5.41, 5.74) is 0.154. The van der Waals surface area contributed by atoms with Gasteiger partial charge in [0.1, 0.15) is 0 Å². The van der Waals surface area contributed by atoms with Gasteiger partial charge in [0, 0.05) is 31.3 Å². The smallest absolute Gasteiger partial charge is 0.487 e. The zero-order valence-electron chi connectivity index (χ0n) is 15.9. The standard InChI is InChI=1S/C17H36O4SSi/c1-7-13-16(15(9-3)17(22)18-14-8-2)23(19-10-4,20-11-5)21-12-6/h15-16H,7-14H2,1-6H3. The minimum Gasteiger partial charge on any atom is -0.487 e. The first kappa shape index (κ1) is 23.0. The fourth-order valence-electron chi connectivity index (χ4n) is 2.91. The first-order valence-electron chi connectivity index (χ1n) is 9.15. The molecule has 0 aliphatic rings. The van der Waals surface area contributed by atoms with Crippen LogP contribution in [-0.2, 0) is 18.0 Å². The van der Waals surface area contributed by atoms with Crippen molar-refractivity contribution in [3.8, 4) is 0 Å². The van der Waals surface area contributed by atoms with Gasteiger partial charge in [-0.1, -0.05) is 27.2 Å². The molecule has 0 aliphatic heterocycles. The summed E-state index contributed by atoms with van der Waals surface area (Å²) in [5, 5.41) is 0.684. The van der Waals surface area contributed by atoms with Gasteiger partial charge in [0.2, 0.25) is 0 Å². The number of hydrogen-bond acceptors (Lipinski definition) is 5. The van der Waals surface area contributed by atoms with E-state index in [0.717, 1.165) is 25.7 Å². The van der Waals surface area contributed by atoms with E-state index < -0.39 is 8.80 Å². The summed E-state index contributed by atoms with van der Waals surface area (Å²) in [6.07, 6.45) is 3.88. The molecule has 0 radical (unpaired) electrons. The summed E-state index contributed by atoms with van der Waals surface area (Å²) in [5.74, 6) is 0.132. The SMILES string of the molecule is CCCOC(=S)C(CC)C(CCC)[Si](OCC)(OCC)OCC. The third kappa shape index (κ3) is 7.18. The first-order valence-corrected chi connectivity index (χ1v) is 11.4. The van der Waals surface area contributed by atoms with Crippen molar-refractivity contribution in [2.75, 3.05) is 26.4 Å². The highest BCUT2D eigenvalue weighted by Gasteiger charge is 2.52. The van der Waals surface area contributed by atoms with Gasteiger partial charge in [-0.2, -0.15) is 0 Å². The summed E-state index contributed by atoms with van der Waals surface area (Å²) in [6.45, 7) is 14.8. The van der Waals surface area contributed by atoms with E-state index in [0.29, 0.717) is 31.5 Å². The van der Waals surface area contributed by atoms with E-state index in [-0.39, 0.29) is 11.5 Å². The van der Waals surface area contributed by atoms with Crippen molar-refractivity contribution < 1.29 is 18.0 Å². The Morgan fingerprint density at radius 2 is 1.39 bits per heavy atom. The van der Waals surface area contributed by atoms with Crippen molar-refractivity contribution in [2.45, 2.75) is 72.8 Å². The van der Waals surface area contributed by atoms with Crippen molar-refractivity contribution in [3.63, 3.8) is 0 Å². The second-order valence-electron chi connectivity index (χ2n) is 5.48. The van der Waals surface area contributed by atoms with Crippen molar-refractivity contribution >= 4 is 26.1 Å². The Morgan fingerprint density at radius 3 is 1.74 bits per heavy atom. The quantitative estimate of drug-likeness (QED) is 0.321. The van der Waals surface area contributed by atoms with Crippen LogP contribution in [0.5, 0.6) is 0 Å². The predicted octanol–water partition coefficient (Wildman–Crippen LogP) is 4.99. The largest absolute Gasteiger partial charge is 0.504 e. The molecular weight excluding hydrogens is 328 g/mol. The van der Waals surface area contributed by atoms with E-state index in [1.54, 1.807) is 0 Å². The second-order valence-corrected chi connectivity index (χ2v) is 8.70. The van der Waals surface area contributed by atoms with E-state index in [9.17, 15) is 0 Å². The van der Waals surface area contributed by atoms with Crippen LogP contribution in [0.25, 0.3) is 0 Å². The minimum absolute atomic E-state index is 0.132. The first-order chi connectivity index (χ1) is 11.1. The lowest BCUT2D eigenvalue weighted by Gasteiger charge is -2.39. The Morgan fingerprint density at radius 1 is 0.870 bits per heavy atom. The molecule has 0 fully saturated rings. The molecule has 23 heavy (non-hydrogen) atoms.